The maximum absolute atomic E-state index is 13.1. The number of hydrogen-bond acceptors (Lipinski definition) is 8. The molecule has 0 aliphatic carbocycles. The highest BCUT2D eigenvalue weighted by Crippen LogP contribution is 2.44. The summed E-state index contributed by atoms with van der Waals surface area (Å²) in [5, 5.41) is 5.74. The summed E-state index contributed by atoms with van der Waals surface area (Å²) in [6, 6.07) is 9.51. The third kappa shape index (κ3) is 4.77. The summed E-state index contributed by atoms with van der Waals surface area (Å²) in [6.07, 6.45) is 0.830. The highest BCUT2D eigenvalue weighted by atomic mass is 35.5. The molecule has 0 bridgehead atoms. The standard InChI is InChI=1S/C28H28ClN5O3S/c1-14-12-18-24(38-26(31-18)25-30-13-19-22(32-25)15(2)33-34(19)6)21(16-8-10-17(29)11-9-16)20(14)23(27(35)36-7)37-28(3,4)5/h8-13,23H,1-7H3. The predicted molar refractivity (Wildman–Crippen MR) is 150 cm³/mol. The van der Waals surface area contributed by atoms with Crippen molar-refractivity contribution in [1.29, 1.82) is 0 Å². The van der Waals surface area contributed by atoms with Gasteiger partial charge in [-0.1, -0.05) is 23.7 Å². The van der Waals surface area contributed by atoms with Gasteiger partial charge in [-0.2, -0.15) is 5.10 Å². The van der Waals surface area contributed by atoms with Gasteiger partial charge in [0.05, 0.1) is 34.8 Å². The number of aryl methyl sites for hydroxylation is 3. The smallest absolute Gasteiger partial charge is 0.339 e. The van der Waals surface area contributed by atoms with E-state index < -0.39 is 17.7 Å². The summed E-state index contributed by atoms with van der Waals surface area (Å²) in [5.41, 5.74) is 5.98. The molecule has 3 heterocycles. The number of nitrogens with zero attached hydrogens (tertiary/aromatic N) is 5. The van der Waals surface area contributed by atoms with Gasteiger partial charge < -0.3 is 9.47 Å². The monoisotopic (exact) mass is 549 g/mol. The molecule has 8 nitrogen and oxygen atoms in total. The Labute approximate surface area is 229 Å². The van der Waals surface area contributed by atoms with Crippen molar-refractivity contribution in [3.8, 4) is 22.0 Å². The average molecular weight is 550 g/mol. The highest BCUT2D eigenvalue weighted by Gasteiger charge is 2.33. The number of aromatic nitrogens is 5. The molecule has 2 aromatic carbocycles. The molecule has 5 aromatic rings. The van der Waals surface area contributed by atoms with Crippen LogP contribution in [-0.4, -0.2) is 43.4 Å². The first-order valence-corrected chi connectivity index (χ1v) is 13.3. The van der Waals surface area contributed by atoms with Crippen LogP contribution in [0.1, 0.15) is 43.7 Å². The van der Waals surface area contributed by atoms with Gasteiger partial charge in [-0.3, -0.25) is 4.68 Å². The largest absolute Gasteiger partial charge is 0.467 e. The van der Waals surface area contributed by atoms with Crippen LogP contribution in [-0.2, 0) is 21.3 Å². The van der Waals surface area contributed by atoms with Crippen LogP contribution >= 0.6 is 22.9 Å². The lowest BCUT2D eigenvalue weighted by atomic mass is 9.91. The Hall–Kier alpha value is -3.40. The average Bonchev–Trinajstić information content (AvgIpc) is 3.41. The summed E-state index contributed by atoms with van der Waals surface area (Å²) in [5.74, 6) is 0.0506. The molecule has 0 aliphatic rings. The fourth-order valence-corrected chi connectivity index (χ4v) is 5.73. The van der Waals surface area contributed by atoms with Crippen molar-refractivity contribution in [1.82, 2.24) is 24.7 Å². The second-order valence-corrected chi connectivity index (χ2v) is 11.6. The highest BCUT2D eigenvalue weighted by molar-refractivity contribution is 7.22. The molecule has 1 unspecified atom stereocenters. The zero-order valence-electron chi connectivity index (χ0n) is 22.3. The van der Waals surface area contributed by atoms with Crippen LogP contribution in [0.5, 0.6) is 0 Å². The summed E-state index contributed by atoms with van der Waals surface area (Å²) in [6.45, 7) is 9.62. The maximum atomic E-state index is 13.1. The molecule has 0 radical (unpaired) electrons. The molecule has 10 heteroatoms. The number of esters is 1. The summed E-state index contributed by atoms with van der Waals surface area (Å²) >= 11 is 7.70. The lowest BCUT2D eigenvalue weighted by Crippen LogP contribution is -2.29. The number of carbonyl (C=O) groups is 1. The predicted octanol–water partition coefficient (Wildman–Crippen LogP) is 6.61. The molecular weight excluding hydrogens is 522 g/mol. The first kappa shape index (κ1) is 26.2. The van der Waals surface area contributed by atoms with Crippen LogP contribution in [0.3, 0.4) is 0 Å². The van der Waals surface area contributed by atoms with Crippen LogP contribution < -0.4 is 0 Å². The van der Waals surface area contributed by atoms with Gasteiger partial charge in [-0.25, -0.2) is 19.7 Å². The molecule has 5 rings (SSSR count). The van der Waals surface area contributed by atoms with Crippen molar-refractivity contribution >= 4 is 50.2 Å². The van der Waals surface area contributed by atoms with Crippen molar-refractivity contribution in [2.75, 3.05) is 7.11 Å². The number of rotatable bonds is 5. The third-order valence-corrected chi connectivity index (χ3v) is 7.50. The first-order valence-electron chi connectivity index (χ1n) is 12.1. The molecule has 0 fully saturated rings. The van der Waals surface area contributed by atoms with E-state index in [0.29, 0.717) is 15.9 Å². The molecule has 196 valence electrons. The van der Waals surface area contributed by atoms with Gasteiger partial charge in [0.25, 0.3) is 0 Å². The van der Waals surface area contributed by atoms with Gasteiger partial charge >= 0.3 is 5.97 Å². The first-order chi connectivity index (χ1) is 18.0. The van der Waals surface area contributed by atoms with E-state index in [-0.39, 0.29) is 0 Å². The molecule has 0 amide bonds. The van der Waals surface area contributed by atoms with Crippen molar-refractivity contribution in [3.63, 3.8) is 0 Å². The molecule has 3 aromatic heterocycles. The topological polar surface area (TPSA) is 92.0 Å². The van der Waals surface area contributed by atoms with Crippen LogP contribution in [0, 0.1) is 13.8 Å². The van der Waals surface area contributed by atoms with Crippen LogP contribution in [0.25, 0.3) is 43.2 Å². The minimum Gasteiger partial charge on any atom is -0.467 e. The number of hydrogen-bond donors (Lipinski definition) is 0. The molecule has 0 aliphatic heterocycles. The zero-order chi connectivity index (χ0) is 27.4. The van der Waals surface area contributed by atoms with E-state index in [4.69, 9.17) is 31.0 Å². The molecule has 0 spiro atoms. The van der Waals surface area contributed by atoms with Crippen molar-refractivity contribution in [2.45, 2.75) is 46.3 Å². The fourth-order valence-electron chi connectivity index (χ4n) is 4.54. The maximum Gasteiger partial charge on any atom is 0.339 e. The summed E-state index contributed by atoms with van der Waals surface area (Å²) in [4.78, 5) is 27.4. The van der Waals surface area contributed by atoms with Gasteiger partial charge in [0.15, 0.2) is 16.9 Å². The van der Waals surface area contributed by atoms with Crippen LogP contribution in [0.2, 0.25) is 5.02 Å². The van der Waals surface area contributed by atoms with Gasteiger partial charge in [-0.15, -0.1) is 11.3 Å². The van der Waals surface area contributed by atoms with Gasteiger partial charge in [0, 0.05) is 23.2 Å². The Morgan fingerprint density at radius 3 is 2.50 bits per heavy atom. The van der Waals surface area contributed by atoms with Gasteiger partial charge in [0.1, 0.15) is 11.0 Å². The Balaban J connectivity index is 1.79. The Morgan fingerprint density at radius 2 is 1.84 bits per heavy atom. The Kier molecular flexibility index (Phi) is 6.71. The number of benzene rings is 2. The molecule has 38 heavy (non-hydrogen) atoms. The Bertz CT molecular complexity index is 1690. The molecule has 0 saturated heterocycles. The van der Waals surface area contributed by atoms with Crippen molar-refractivity contribution in [3.05, 3.63) is 58.4 Å². The lowest BCUT2D eigenvalue weighted by Gasteiger charge is -2.28. The van der Waals surface area contributed by atoms with E-state index in [0.717, 1.165) is 49.2 Å². The van der Waals surface area contributed by atoms with E-state index in [1.807, 2.05) is 72.0 Å². The zero-order valence-corrected chi connectivity index (χ0v) is 23.9. The van der Waals surface area contributed by atoms with Crippen LogP contribution in [0.4, 0.5) is 0 Å². The van der Waals surface area contributed by atoms with E-state index in [9.17, 15) is 4.79 Å². The minimum atomic E-state index is -0.939. The second kappa shape index (κ2) is 9.72. The van der Waals surface area contributed by atoms with Crippen molar-refractivity contribution in [2.24, 2.45) is 7.05 Å². The number of methoxy groups -OCH3 is 1. The minimum absolute atomic E-state index is 0.469. The number of ether oxygens (including phenoxy) is 2. The molecule has 1 atom stereocenters. The molecule has 0 N–H and O–H groups in total. The molecule has 0 saturated carbocycles. The third-order valence-electron chi connectivity index (χ3n) is 6.16. The normalized spacial score (nSPS) is 12.8. The number of carbonyl (C=O) groups excluding carboxylic acids is 1. The Morgan fingerprint density at radius 1 is 1.13 bits per heavy atom. The number of halogens is 1. The SMILES string of the molecule is COC(=O)C(OC(C)(C)C)c1c(C)cc2nc(-c3ncc4c(n3)c(C)nn4C)sc2c1-c1ccc(Cl)cc1. The van der Waals surface area contributed by atoms with E-state index in [2.05, 4.69) is 10.1 Å². The summed E-state index contributed by atoms with van der Waals surface area (Å²) < 4.78 is 14.1. The summed E-state index contributed by atoms with van der Waals surface area (Å²) in [7, 11) is 3.24. The van der Waals surface area contributed by atoms with Crippen molar-refractivity contribution < 1.29 is 14.3 Å². The number of thiazole rings is 1. The number of fused-ring (bicyclic) bond motifs is 2. The quantitative estimate of drug-likeness (QED) is 0.228. The van der Waals surface area contributed by atoms with Gasteiger partial charge in [0.2, 0.25) is 0 Å². The second-order valence-electron chi connectivity index (χ2n) is 10.1. The fraction of sp³-hybridized carbons (Fsp3) is 0.321. The van der Waals surface area contributed by atoms with Gasteiger partial charge in [-0.05, 0) is 63.9 Å². The molecular formula is C28H28ClN5O3S. The van der Waals surface area contributed by atoms with E-state index in [1.165, 1.54) is 18.4 Å². The van der Waals surface area contributed by atoms with E-state index in [1.54, 1.807) is 10.9 Å². The van der Waals surface area contributed by atoms with Crippen LogP contribution in [0.15, 0.2) is 36.5 Å². The van der Waals surface area contributed by atoms with E-state index >= 15 is 0 Å². The lowest BCUT2D eigenvalue weighted by molar-refractivity contribution is -0.164.